The van der Waals surface area contributed by atoms with Crippen LogP contribution in [0.15, 0.2) is 18.7 Å². The maximum absolute atomic E-state index is 13.5. The minimum absolute atomic E-state index is 0.0572. The Kier molecular flexibility index (Phi) is 3.77. The summed E-state index contributed by atoms with van der Waals surface area (Å²) < 4.78 is 26.8. The zero-order valence-electron chi connectivity index (χ0n) is 9.26. The lowest BCUT2D eigenvalue weighted by atomic mass is 10.1. The van der Waals surface area contributed by atoms with Crippen LogP contribution in [0.5, 0.6) is 0 Å². The quantitative estimate of drug-likeness (QED) is 0.772. The number of halogens is 2. The standard InChI is InChI=1S/C12H13F2NO/c1-4-8-5-11(14)9(6-10(8)13)7-12(16)15(2)3/h4-6H,1,7H2,2-3H3. The Morgan fingerprint density at radius 1 is 1.38 bits per heavy atom. The van der Waals surface area contributed by atoms with Gasteiger partial charge < -0.3 is 4.90 Å². The maximum Gasteiger partial charge on any atom is 0.226 e. The molecule has 0 aromatic heterocycles. The monoisotopic (exact) mass is 225 g/mol. The first-order chi connectivity index (χ1) is 7.45. The van der Waals surface area contributed by atoms with E-state index < -0.39 is 11.6 Å². The summed E-state index contributed by atoms with van der Waals surface area (Å²) in [6.07, 6.45) is 1.09. The lowest BCUT2D eigenvalue weighted by molar-refractivity contribution is -0.128. The fourth-order valence-corrected chi connectivity index (χ4v) is 1.22. The Morgan fingerprint density at radius 3 is 2.50 bits per heavy atom. The SMILES string of the molecule is C=Cc1cc(F)c(CC(=O)N(C)C)cc1F. The van der Waals surface area contributed by atoms with Crippen molar-refractivity contribution in [1.82, 2.24) is 4.90 Å². The minimum Gasteiger partial charge on any atom is -0.349 e. The number of amides is 1. The topological polar surface area (TPSA) is 20.3 Å². The van der Waals surface area contributed by atoms with E-state index in [4.69, 9.17) is 0 Å². The Morgan fingerprint density at radius 2 is 2.00 bits per heavy atom. The molecule has 0 aliphatic rings. The van der Waals surface area contributed by atoms with Gasteiger partial charge in [-0.25, -0.2) is 8.78 Å². The van der Waals surface area contributed by atoms with Gasteiger partial charge in [0.25, 0.3) is 0 Å². The van der Waals surface area contributed by atoms with E-state index in [1.807, 2.05) is 0 Å². The van der Waals surface area contributed by atoms with Gasteiger partial charge in [0.15, 0.2) is 0 Å². The summed E-state index contributed by atoms with van der Waals surface area (Å²) in [5.41, 5.74) is 0.153. The van der Waals surface area contributed by atoms with E-state index in [2.05, 4.69) is 6.58 Å². The van der Waals surface area contributed by atoms with E-state index >= 15 is 0 Å². The molecule has 0 heterocycles. The van der Waals surface area contributed by atoms with Gasteiger partial charge >= 0.3 is 0 Å². The zero-order chi connectivity index (χ0) is 12.3. The summed E-state index contributed by atoms with van der Waals surface area (Å²) in [6, 6.07) is 2.08. The van der Waals surface area contributed by atoms with Crippen LogP contribution in [0.25, 0.3) is 6.08 Å². The van der Waals surface area contributed by atoms with Gasteiger partial charge in [0.2, 0.25) is 5.91 Å². The van der Waals surface area contributed by atoms with Crippen LogP contribution in [0.4, 0.5) is 8.78 Å². The summed E-state index contributed by atoms with van der Waals surface area (Å²) in [4.78, 5) is 12.7. The molecule has 16 heavy (non-hydrogen) atoms. The highest BCUT2D eigenvalue weighted by Gasteiger charge is 2.12. The van der Waals surface area contributed by atoms with E-state index in [1.165, 1.54) is 11.0 Å². The van der Waals surface area contributed by atoms with Crippen molar-refractivity contribution < 1.29 is 13.6 Å². The van der Waals surface area contributed by atoms with Gasteiger partial charge in [0.1, 0.15) is 11.6 Å². The van der Waals surface area contributed by atoms with Gasteiger partial charge in [-0.1, -0.05) is 12.7 Å². The average Bonchev–Trinajstić information content (AvgIpc) is 2.22. The Bertz CT molecular complexity index is 427. The lowest BCUT2D eigenvalue weighted by Gasteiger charge is -2.11. The van der Waals surface area contributed by atoms with E-state index in [9.17, 15) is 13.6 Å². The van der Waals surface area contributed by atoms with Gasteiger partial charge in [-0.3, -0.25) is 4.79 Å². The number of nitrogens with zero attached hydrogens (tertiary/aromatic N) is 1. The first-order valence-corrected chi connectivity index (χ1v) is 4.76. The van der Waals surface area contributed by atoms with Crippen LogP contribution < -0.4 is 0 Å². The molecule has 0 bridgehead atoms. The van der Waals surface area contributed by atoms with Gasteiger partial charge in [0, 0.05) is 25.2 Å². The number of rotatable bonds is 3. The highest BCUT2D eigenvalue weighted by Crippen LogP contribution is 2.16. The van der Waals surface area contributed by atoms with Crippen molar-refractivity contribution in [2.75, 3.05) is 14.1 Å². The number of carbonyl (C=O) groups is 1. The molecule has 0 N–H and O–H groups in total. The highest BCUT2D eigenvalue weighted by molar-refractivity contribution is 5.78. The molecule has 0 fully saturated rings. The van der Waals surface area contributed by atoms with Crippen molar-refractivity contribution in [3.05, 3.63) is 41.5 Å². The maximum atomic E-state index is 13.5. The number of hydrogen-bond donors (Lipinski definition) is 0. The lowest BCUT2D eigenvalue weighted by Crippen LogP contribution is -2.24. The molecule has 0 saturated carbocycles. The molecule has 0 spiro atoms. The molecule has 4 heteroatoms. The summed E-state index contributed by atoms with van der Waals surface area (Å²) in [6.45, 7) is 3.37. The Labute approximate surface area is 93.2 Å². The minimum atomic E-state index is -0.591. The zero-order valence-corrected chi connectivity index (χ0v) is 9.26. The van der Waals surface area contributed by atoms with Crippen molar-refractivity contribution in [2.24, 2.45) is 0 Å². The smallest absolute Gasteiger partial charge is 0.226 e. The normalized spacial score (nSPS) is 10.0. The van der Waals surface area contributed by atoms with Crippen molar-refractivity contribution in [2.45, 2.75) is 6.42 Å². The predicted octanol–water partition coefficient (Wildman–Crippen LogP) is 2.24. The number of carbonyl (C=O) groups excluding carboxylic acids is 1. The number of hydrogen-bond acceptors (Lipinski definition) is 1. The van der Waals surface area contributed by atoms with E-state index in [1.54, 1.807) is 14.1 Å². The molecule has 0 aliphatic carbocycles. The van der Waals surface area contributed by atoms with Crippen molar-refractivity contribution in [3.8, 4) is 0 Å². The summed E-state index contributed by atoms with van der Waals surface area (Å²) >= 11 is 0. The van der Waals surface area contributed by atoms with Gasteiger partial charge in [-0.15, -0.1) is 0 Å². The van der Waals surface area contributed by atoms with Crippen molar-refractivity contribution in [1.29, 1.82) is 0 Å². The Balaban J connectivity index is 3.02. The largest absolute Gasteiger partial charge is 0.349 e. The van der Waals surface area contributed by atoms with Gasteiger partial charge in [0.05, 0.1) is 6.42 Å². The van der Waals surface area contributed by atoms with Crippen LogP contribution >= 0.6 is 0 Å². The number of likely N-dealkylation sites (N-methyl/N-ethyl adjacent to an activating group) is 1. The molecular weight excluding hydrogens is 212 g/mol. The third-order valence-corrected chi connectivity index (χ3v) is 2.23. The molecule has 1 aromatic carbocycles. The fourth-order valence-electron chi connectivity index (χ4n) is 1.22. The van der Waals surface area contributed by atoms with Crippen LogP contribution in [0.2, 0.25) is 0 Å². The van der Waals surface area contributed by atoms with E-state index in [0.29, 0.717) is 0 Å². The summed E-state index contributed by atoms with van der Waals surface area (Å²) in [5.74, 6) is -1.44. The second-order valence-corrected chi connectivity index (χ2v) is 3.63. The van der Waals surface area contributed by atoms with Crippen LogP contribution in [0, 0.1) is 11.6 Å². The number of benzene rings is 1. The van der Waals surface area contributed by atoms with Crippen LogP contribution in [-0.4, -0.2) is 24.9 Å². The first-order valence-electron chi connectivity index (χ1n) is 4.76. The second kappa shape index (κ2) is 4.88. The fraction of sp³-hybridized carbons (Fsp3) is 0.250. The average molecular weight is 225 g/mol. The third kappa shape index (κ3) is 2.66. The summed E-state index contributed by atoms with van der Waals surface area (Å²) in [7, 11) is 3.13. The molecule has 86 valence electrons. The molecule has 0 radical (unpaired) electrons. The molecule has 1 rings (SSSR count). The first kappa shape index (κ1) is 12.4. The second-order valence-electron chi connectivity index (χ2n) is 3.63. The molecule has 1 aromatic rings. The summed E-state index contributed by atoms with van der Waals surface area (Å²) in [5, 5.41) is 0. The molecular formula is C12H13F2NO. The Hall–Kier alpha value is -1.71. The molecule has 0 unspecified atom stereocenters. The van der Waals surface area contributed by atoms with E-state index in [-0.39, 0.29) is 23.5 Å². The van der Waals surface area contributed by atoms with Gasteiger partial charge in [-0.2, -0.15) is 0 Å². The highest BCUT2D eigenvalue weighted by atomic mass is 19.1. The molecule has 1 amide bonds. The van der Waals surface area contributed by atoms with Crippen LogP contribution in [0.3, 0.4) is 0 Å². The van der Waals surface area contributed by atoms with E-state index in [0.717, 1.165) is 12.1 Å². The van der Waals surface area contributed by atoms with Gasteiger partial charge in [-0.05, 0) is 12.1 Å². The molecule has 0 saturated heterocycles. The van der Waals surface area contributed by atoms with Crippen molar-refractivity contribution >= 4 is 12.0 Å². The molecule has 0 atom stereocenters. The van der Waals surface area contributed by atoms with Crippen LogP contribution in [0.1, 0.15) is 11.1 Å². The van der Waals surface area contributed by atoms with Crippen molar-refractivity contribution in [3.63, 3.8) is 0 Å². The third-order valence-electron chi connectivity index (χ3n) is 2.23. The molecule has 0 aliphatic heterocycles. The predicted molar refractivity (Wildman–Crippen MR) is 58.8 cm³/mol. The molecule has 2 nitrogen and oxygen atoms in total. The van der Waals surface area contributed by atoms with Crippen LogP contribution in [-0.2, 0) is 11.2 Å².